The first kappa shape index (κ1) is 11.4. The van der Waals surface area contributed by atoms with Crippen LogP contribution in [-0.4, -0.2) is 13.1 Å². The maximum atomic E-state index is 13.1. The van der Waals surface area contributed by atoms with E-state index in [-0.39, 0.29) is 5.82 Å². The van der Waals surface area contributed by atoms with Gasteiger partial charge in [0.15, 0.2) is 0 Å². The molecule has 1 aromatic rings. The zero-order valence-electron chi connectivity index (χ0n) is 8.79. The fraction of sp³-hybridized carbons (Fsp3) is 0.250. The van der Waals surface area contributed by atoms with Gasteiger partial charge in [-0.1, -0.05) is 13.0 Å². The second-order valence-corrected chi connectivity index (χ2v) is 3.10. The normalized spacial score (nSPS) is 10.6. The number of hydrogen-bond donors (Lipinski definition) is 0. The molecular formula is C12H13FO2. The van der Waals surface area contributed by atoms with Gasteiger partial charge in [-0.15, -0.1) is 0 Å². The van der Waals surface area contributed by atoms with Gasteiger partial charge < -0.3 is 4.74 Å². The Hall–Kier alpha value is -1.64. The van der Waals surface area contributed by atoms with Crippen LogP contribution in [0.4, 0.5) is 4.39 Å². The van der Waals surface area contributed by atoms with Crippen LogP contribution < -0.4 is 0 Å². The number of carbonyl (C=O) groups excluding carboxylic acids is 1. The van der Waals surface area contributed by atoms with Crippen molar-refractivity contribution in [1.29, 1.82) is 0 Å². The fourth-order valence-electron chi connectivity index (χ4n) is 1.21. The molecule has 0 aliphatic rings. The minimum Gasteiger partial charge on any atom is -0.466 e. The van der Waals surface area contributed by atoms with E-state index in [2.05, 4.69) is 4.74 Å². The van der Waals surface area contributed by atoms with Crippen molar-refractivity contribution in [3.05, 3.63) is 41.2 Å². The van der Waals surface area contributed by atoms with Gasteiger partial charge in [-0.2, -0.15) is 0 Å². The Labute approximate surface area is 88.4 Å². The Bertz CT molecular complexity index is 383. The molecule has 0 aliphatic carbocycles. The van der Waals surface area contributed by atoms with E-state index in [9.17, 15) is 9.18 Å². The highest BCUT2D eigenvalue weighted by Crippen LogP contribution is 2.11. The summed E-state index contributed by atoms with van der Waals surface area (Å²) in [5.41, 5.74) is 1.57. The minimum absolute atomic E-state index is 0.293. The standard InChI is InChI=1S/C12H13FO2/c1-3-9-6-10(8-11(13)7-9)4-5-12(14)15-2/h4-8H,3H2,1-2H3. The van der Waals surface area contributed by atoms with Gasteiger partial charge in [0.1, 0.15) is 5.82 Å². The van der Waals surface area contributed by atoms with Crippen molar-refractivity contribution in [2.75, 3.05) is 7.11 Å². The predicted octanol–water partition coefficient (Wildman–Crippen LogP) is 2.57. The summed E-state index contributed by atoms with van der Waals surface area (Å²) in [5, 5.41) is 0. The summed E-state index contributed by atoms with van der Waals surface area (Å²) < 4.78 is 17.5. The first-order chi connectivity index (χ1) is 7.15. The average Bonchev–Trinajstić information content (AvgIpc) is 2.25. The van der Waals surface area contributed by atoms with E-state index in [1.807, 2.05) is 13.0 Å². The van der Waals surface area contributed by atoms with Gasteiger partial charge >= 0.3 is 5.97 Å². The predicted molar refractivity (Wildman–Crippen MR) is 56.8 cm³/mol. The molecule has 0 unspecified atom stereocenters. The third-order valence-electron chi connectivity index (χ3n) is 2.00. The molecule has 0 amide bonds. The molecule has 0 spiro atoms. The van der Waals surface area contributed by atoms with Crippen molar-refractivity contribution in [2.45, 2.75) is 13.3 Å². The number of aryl methyl sites for hydroxylation is 1. The summed E-state index contributed by atoms with van der Waals surface area (Å²) in [6.07, 6.45) is 3.57. The lowest BCUT2D eigenvalue weighted by Gasteiger charge is -1.99. The molecule has 0 fully saturated rings. The van der Waals surface area contributed by atoms with E-state index >= 15 is 0 Å². The fourth-order valence-corrected chi connectivity index (χ4v) is 1.21. The molecule has 0 heterocycles. The van der Waals surface area contributed by atoms with Crippen LogP contribution in [0.5, 0.6) is 0 Å². The maximum Gasteiger partial charge on any atom is 0.330 e. The third-order valence-corrected chi connectivity index (χ3v) is 2.00. The van der Waals surface area contributed by atoms with E-state index in [4.69, 9.17) is 0 Å². The summed E-state index contributed by atoms with van der Waals surface area (Å²) in [7, 11) is 1.30. The first-order valence-corrected chi connectivity index (χ1v) is 4.71. The van der Waals surface area contributed by atoms with E-state index in [0.717, 1.165) is 12.0 Å². The number of rotatable bonds is 3. The van der Waals surface area contributed by atoms with Gasteiger partial charge in [-0.25, -0.2) is 9.18 Å². The number of carbonyl (C=O) groups is 1. The second-order valence-electron chi connectivity index (χ2n) is 3.10. The lowest BCUT2D eigenvalue weighted by Crippen LogP contribution is -1.93. The highest BCUT2D eigenvalue weighted by Gasteiger charge is 1.98. The molecule has 0 aliphatic heterocycles. The van der Waals surface area contributed by atoms with Crippen LogP contribution in [0, 0.1) is 5.82 Å². The second kappa shape index (κ2) is 5.29. The summed E-state index contributed by atoms with van der Waals surface area (Å²) >= 11 is 0. The monoisotopic (exact) mass is 208 g/mol. The van der Waals surface area contributed by atoms with Crippen molar-refractivity contribution in [3.8, 4) is 0 Å². The third kappa shape index (κ3) is 3.54. The van der Waals surface area contributed by atoms with Gasteiger partial charge in [0.2, 0.25) is 0 Å². The van der Waals surface area contributed by atoms with Crippen molar-refractivity contribution >= 4 is 12.0 Å². The van der Waals surface area contributed by atoms with Gasteiger partial charge in [0, 0.05) is 6.08 Å². The molecule has 80 valence electrons. The molecule has 3 heteroatoms. The molecular weight excluding hydrogens is 195 g/mol. The first-order valence-electron chi connectivity index (χ1n) is 4.71. The van der Waals surface area contributed by atoms with Crippen molar-refractivity contribution in [1.82, 2.24) is 0 Å². The van der Waals surface area contributed by atoms with E-state index < -0.39 is 5.97 Å². The number of ether oxygens (including phenoxy) is 1. The zero-order valence-corrected chi connectivity index (χ0v) is 8.79. The van der Waals surface area contributed by atoms with Crippen LogP contribution in [0.15, 0.2) is 24.3 Å². The Morgan fingerprint density at radius 3 is 2.80 bits per heavy atom. The molecule has 1 rings (SSSR count). The molecule has 0 saturated carbocycles. The van der Waals surface area contributed by atoms with Crippen LogP contribution in [0.3, 0.4) is 0 Å². The molecule has 0 aromatic heterocycles. The van der Waals surface area contributed by atoms with Gasteiger partial charge in [-0.05, 0) is 35.8 Å². The SMILES string of the molecule is CCc1cc(F)cc(C=CC(=O)OC)c1. The largest absolute Gasteiger partial charge is 0.466 e. The van der Waals surface area contributed by atoms with E-state index in [1.165, 1.54) is 31.4 Å². The average molecular weight is 208 g/mol. The van der Waals surface area contributed by atoms with Crippen LogP contribution in [0.2, 0.25) is 0 Å². The van der Waals surface area contributed by atoms with Crippen LogP contribution >= 0.6 is 0 Å². The van der Waals surface area contributed by atoms with E-state index in [0.29, 0.717) is 5.56 Å². The number of hydrogen-bond acceptors (Lipinski definition) is 2. The Morgan fingerprint density at radius 2 is 2.20 bits per heavy atom. The quantitative estimate of drug-likeness (QED) is 0.563. The molecule has 0 radical (unpaired) electrons. The molecule has 0 N–H and O–H groups in total. The lowest BCUT2D eigenvalue weighted by molar-refractivity contribution is -0.134. The smallest absolute Gasteiger partial charge is 0.330 e. The Morgan fingerprint density at radius 1 is 1.47 bits per heavy atom. The highest BCUT2D eigenvalue weighted by atomic mass is 19.1. The summed E-state index contributed by atoms with van der Waals surface area (Å²) in [4.78, 5) is 10.8. The topological polar surface area (TPSA) is 26.3 Å². The highest BCUT2D eigenvalue weighted by molar-refractivity contribution is 5.86. The maximum absolute atomic E-state index is 13.1. The molecule has 0 bridgehead atoms. The number of esters is 1. The molecule has 0 saturated heterocycles. The zero-order chi connectivity index (χ0) is 11.3. The van der Waals surface area contributed by atoms with Crippen LogP contribution in [-0.2, 0) is 16.0 Å². The van der Waals surface area contributed by atoms with Crippen molar-refractivity contribution < 1.29 is 13.9 Å². The molecule has 15 heavy (non-hydrogen) atoms. The van der Waals surface area contributed by atoms with Crippen molar-refractivity contribution in [2.24, 2.45) is 0 Å². The summed E-state index contributed by atoms with van der Waals surface area (Å²) in [5.74, 6) is -0.740. The van der Waals surface area contributed by atoms with Gasteiger partial charge in [0.05, 0.1) is 7.11 Å². The van der Waals surface area contributed by atoms with Gasteiger partial charge in [0.25, 0.3) is 0 Å². The van der Waals surface area contributed by atoms with E-state index in [1.54, 1.807) is 0 Å². The minimum atomic E-state index is -0.447. The lowest BCUT2D eigenvalue weighted by atomic mass is 10.1. The molecule has 1 aromatic carbocycles. The summed E-state index contributed by atoms with van der Waals surface area (Å²) in [6, 6.07) is 4.69. The van der Waals surface area contributed by atoms with Crippen LogP contribution in [0.1, 0.15) is 18.1 Å². The number of halogens is 1. The Balaban J connectivity index is 2.90. The number of methoxy groups -OCH3 is 1. The number of benzene rings is 1. The molecule has 2 nitrogen and oxygen atoms in total. The Kier molecular flexibility index (Phi) is 4.03. The van der Waals surface area contributed by atoms with Crippen molar-refractivity contribution in [3.63, 3.8) is 0 Å². The van der Waals surface area contributed by atoms with Gasteiger partial charge in [-0.3, -0.25) is 0 Å². The van der Waals surface area contributed by atoms with Crippen LogP contribution in [0.25, 0.3) is 6.08 Å². The molecule has 0 atom stereocenters. The summed E-state index contributed by atoms with van der Waals surface area (Å²) in [6.45, 7) is 1.95.